The van der Waals surface area contributed by atoms with Crippen LogP contribution in [0.1, 0.15) is 55.4 Å². The molecule has 6 rings (SSSR count). The van der Waals surface area contributed by atoms with Crippen molar-refractivity contribution in [3.63, 3.8) is 0 Å². The minimum atomic E-state index is -0.584. The normalized spacial score (nSPS) is 13.2. The Hall–Kier alpha value is -5.71. The Labute approximate surface area is 258 Å². The molecule has 11 nitrogen and oxygen atoms in total. The summed E-state index contributed by atoms with van der Waals surface area (Å²) in [6, 6.07) is 22.7. The molecule has 3 amide bonds. The second-order valence-corrected chi connectivity index (χ2v) is 10.8. The van der Waals surface area contributed by atoms with E-state index in [2.05, 4.69) is 20.9 Å². The second kappa shape index (κ2) is 12.9. The fourth-order valence-electron chi connectivity index (χ4n) is 4.95. The van der Waals surface area contributed by atoms with Gasteiger partial charge < -0.3 is 29.5 Å². The topological polar surface area (TPSA) is 144 Å². The van der Waals surface area contributed by atoms with Gasteiger partial charge >= 0.3 is 5.97 Å². The molecule has 0 radical (unpaired) electrons. The van der Waals surface area contributed by atoms with Crippen molar-refractivity contribution < 1.29 is 28.3 Å². The number of nitrogens with one attached hydrogen (secondary N) is 3. The molecule has 1 unspecified atom stereocenters. The number of hydrogen-bond acceptors (Lipinski definition) is 7. The maximum atomic E-state index is 12.9. The van der Waals surface area contributed by atoms with E-state index in [1.807, 2.05) is 54.6 Å². The predicted molar refractivity (Wildman–Crippen MR) is 164 cm³/mol. The summed E-state index contributed by atoms with van der Waals surface area (Å²) in [7, 11) is 1.55. The van der Waals surface area contributed by atoms with Gasteiger partial charge in [-0.3, -0.25) is 14.4 Å². The molecule has 0 aliphatic heterocycles. The number of hydrogen-bond donors (Lipinski definition) is 3. The highest BCUT2D eigenvalue weighted by molar-refractivity contribution is 5.96. The molecule has 228 valence electrons. The Morgan fingerprint density at radius 1 is 0.933 bits per heavy atom. The summed E-state index contributed by atoms with van der Waals surface area (Å²) in [6.45, 7) is 0.383. The van der Waals surface area contributed by atoms with Crippen molar-refractivity contribution in [3.8, 4) is 11.3 Å². The number of esters is 1. The van der Waals surface area contributed by atoms with Crippen LogP contribution in [0.25, 0.3) is 17.0 Å². The van der Waals surface area contributed by atoms with Crippen LogP contribution in [0.4, 0.5) is 0 Å². The lowest BCUT2D eigenvalue weighted by Gasteiger charge is -2.15. The van der Waals surface area contributed by atoms with Gasteiger partial charge in [-0.05, 0) is 60.2 Å². The molecule has 2 aromatic carbocycles. The molecule has 45 heavy (non-hydrogen) atoms. The van der Waals surface area contributed by atoms with Crippen molar-refractivity contribution in [1.29, 1.82) is 0 Å². The Kier molecular flexibility index (Phi) is 8.41. The second-order valence-electron chi connectivity index (χ2n) is 10.8. The SMILES string of the molecule is CNC(=O)C(NC(=O)c1ccc(-c2cccc(CNC(=O)c3cn4cc(C(=O)OCc5ccccc5)ccc4n3)c2)o1)C1CC1. The number of amides is 3. The van der Waals surface area contributed by atoms with E-state index in [-0.39, 0.29) is 42.3 Å². The van der Waals surface area contributed by atoms with E-state index in [1.54, 1.807) is 48.1 Å². The van der Waals surface area contributed by atoms with Gasteiger partial charge in [0.2, 0.25) is 5.91 Å². The summed E-state index contributed by atoms with van der Waals surface area (Å²) in [4.78, 5) is 54.8. The number of ether oxygens (including phenoxy) is 1. The number of fused-ring (bicyclic) bond motifs is 1. The first-order valence-electron chi connectivity index (χ1n) is 14.6. The summed E-state index contributed by atoms with van der Waals surface area (Å²) in [6.07, 6.45) is 4.94. The first-order chi connectivity index (χ1) is 21.9. The van der Waals surface area contributed by atoms with Crippen molar-refractivity contribution in [3.05, 3.63) is 119 Å². The Bertz CT molecular complexity index is 1870. The molecular weight excluding hydrogens is 574 g/mol. The molecule has 0 spiro atoms. The number of likely N-dealkylation sites (N-methyl/N-ethyl adjacent to an activating group) is 1. The molecule has 5 aromatic rings. The zero-order valence-corrected chi connectivity index (χ0v) is 24.5. The maximum Gasteiger partial charge on any atom is 0.339 e. The Morgan fingerprint density at radius 3 is 2.51 bits per heavy atom. The van der Waals surface area contributed by atoms with Crippen molar-refractivity contribution in [1.82, 2.24) is 25.3 Å². The van der Waals surface area contributed by atoms with Gasteiger partial charge in [0, 0.05) is 31.5 Å². The van der Waals surface area contributed by atoms with Crippen molar-refractivity contribution in [2.75, 3.05) is 7.05 Å². The van der Waals surface area contributed by atoms with Crippen LogP contribution in [0.5, 0.6) is 0 Å². The molecule has 1 atom stereocenters. The average Bonchev–Trinajstić information content (AvgIpc) is 3.61. The van der Waals surface area contributed by atoms with E-state index in [0.717, 1.165) is 29.5 Å². The van der Waals surface area contributed by atoms with E-state index in [1.165, 1.54) is 0 Å². The van der Waals surface area contributed by atoms with Crippen LogP contribution in [0.3, 0.4) is 0 Å². The number of imidazole rings is 1. The van der Waals surface area contributed by atoms with E-state index in [0.29, 0.717) is 17.0 Å². The first-order valence-corrected chi connectivity index (χ1v) is 14.6. The predicted octanol–water partition coefficient (Wildman–Crippen LogP) is 4.14. The minimum Gasteiger partial charge on any atom is -0.457 e. The van der Waals surface area contributed by atoms with Crippen LogP contribution in [0.2, 0.25) is 0 Å². The summed E-state index contributed by atoms with van der Waals surface area (Å²) in [5.74, 6) is -0.796. The van der Waals surface area contributed by atoms with Crippen LogP contribution < -0.4 is 16.0 Å². The van der Waals surface area contributed by atoms with Gasteiger partial charge in [-0.15, -0.1) is 0 Å². The molecule has 1 aliphatic rings. The van der Waals surface area contributed by atoms with Gasteiger partial charge in [-0.2, -0.15) is 0 Å². The lowest BCUT2D eigenvalue weighted by molar-refractivity contribution is -0.122. The molecule has 3 aromatic heterocycles. The molecule has 1 saturated carbocycles. The number of nitrogens with zero attached hydrogens (tertiary/aromatic N) is 2. The third-order valence-corrected chi connectivity index (χ3v) is 7.54. The smallest absolute Gasteiger partial charge is 0.339 e. The van der Waals surface area contributed by atoms with Crippen molar-refractivity contribution in [2.45, 2.75) is 32.0 Å². The summed E-state index contributed by atoms with van der Waals surface area (Å²) in [5.41, 5.74) is 3.47. The third-order valence-electron chi connectivity index (χ3n) is 7.54. The lowest BCUT2D eigenvalue weighted by atomic mass is 10.1. The molecule has 3 N–H and O–H groups in total. The van der Waals surface area contributed by atoms with Crippen LogP contribution in [-0.2, 0) is 22.7 Å². The van der Waals surface area contributed by atoms with Gasteiger partial charge in [0.05, 0.1) is 5.56 Å². The number of pyridine rings is 1. The fourth-order valence-corrected chi connectivity index (χ4v) is 4.95. The summed E-state index contributed by atoms with van der Waals surface area (Å²) < 4.78 is 12.8. The van der Waals surface area contributed by atoms with Gasteiger partial charge in [0.15, 0.2) is 5.76 Å². The Morgan fingerprint density at radius 2 is 1.73 bits per heavy atom. The highest BCUT2D eigenvalue weighted by Crippen LogP contribution is 2.33. The van der Waals surface area contributed by atoms with E-state index >= 15 is 0 Å². The van der Waals surface area contributed by atoms with E-state index in [9.17, 15) is 19.2 Å². The van der Waals surface area contributed by atoms with E-state index in [4.69, 9.17) is 9.15 Å². The quantitative estimate of drug-likeness (QED) is 0.192. The van der Waals surface area contributed by atoms with Crippen LogP contribution >= 0.6 is 0 Å². The lowest BCUT2D eigenvalue weighted by Crippen LogP contribution is -2.47. The van der Waals surface area contributed by atoms with Crippen LogP contribution in [-0.4, -0.2) is 46.2 Å². The largest absolute Gasteiger partial charge is 0.457 e. The van der Waals surface area contributed by atoms with Gasteiger partial charge in [0.25, 0.3) is 11.8 Å². The summed E-state index contributed by atoms with van der Waals surface area (Å²) >= 11 is 0. The van der Waals surface area contributed by atoms with Crippen molar-refractivity contribution in [2.24, 2.45) is 5.92 Å². The van der Waals surface area contributed by atoms with Gasteiger partial charge in [-0.25, -0.2) is 9.78 Å². The number of carbonyl (C=O) groups excluding carboxylic acids is 4. The molecular formula is C34H31N5O6. The fraction of sp³-hybridized carbons (Fsp3) is 0.206. The minimum absolute atomic E-state index is 0.109. The van der Waals surface area contributed by atoms with E-state index < -0.39 is 17.9 Å². The molecule has 1 aliphatic carbocycles. The average molecular weight is 606 g/mol. The van der Waals surface area contributed by atoms with Gasteiger partial charge in [-0.1, -0.05) is 48.5 Å². The molecule has 11 heteroatoms. The third kappa shape index (κ3) is 6.93. The number of carbonyl (C=O) groups is 4. The van der Waals surface area contributed by atoms with Crippen molar-refractivity contribution >= 4 is 29.3 Å². The highest BCUT2D eigenvalue weighted by Gasteiger charge is 2.37. The zero-order chi connectivity index (χ0) is 31.3. The van der Waals surface area contributed by atoms with Crippen LogP contribution in [0.15, 0.2) is 95.7 Å². The maximum absolute atomic E-state index is 12.9. The number of aromatic nitrogens is 2. The van der Waals surface area contributed by atoms with Crippen LogP contribution in [0, 0.1) is 5.92 Å². The monoisotopic (exact) mass is 605 g/mol. The zero-order valence-electron chi connectivity index (χ0n) is 24.5. The number of rotatable bonds is 11. The molecule has 0 bridgehead atoms. The number of furan rings is 1. The summed E-state index contributed by atoms with van der Waals surface area (Å²) in [5, 5.41) is 8.24. The number of benzene rings is 2. The first kappa shape index (κ1) is 29.4. The standard InChI is InChI=1S/C34H31N5O6/c1-35-33(42)30(23-10-11-23)38-32(41)28-14-13-27(45-28)24-9-5-8-22(16-24)17-36-31(40)26-19-39-18-25(12-15-29(39)37-26)34(43)44-20-21-6-3-2-4-7-21/h2-9,12-16,18-19,23,30H,10-11,17,20H2,1H3,(H,35,42)(H,36,40)(H,38,41). The molecule has 0 saturated heterocycles. The molecule has 1 fully saturated rings. The van der Waals surface area contributed by atoms with Gasteiger partial charge in [0.1, 0.15) is 29.8 Å². The Balaban J connectivity index is 1.06. The highest BCUT2D eigenvalue weighted by atomic mass is 16.5. The molecule has 3 heterocycles.